The largest absolute Gasteiger partial charge is 0.361 e. The first kappa shape index (κ1) is 14.6. The minimum atomic E-state index is -0.0585. The van der Waals surface area contributed by atoms with Gasteiger partial charge in [-0.05, 0) is 45.2 Å². The molecule has 5 nitrogen and oxygen atoms in total. The summed E-state index contributed by atoms with van der Waals surface area (Å²) in [6, 6.07) is 7.80. The second-order valence-electron chi connectivity index (χ2n) is 5.83. The second-order valence-corrected chi connectivity index (χ2v) is 5.83. The molecule has 1 aliphatic heterocycles. The lowest BCUT2D eigenvalue weighted by Crippen LogP contribution is -2.35. The first-order valence-electron chi connectivity index (χ1n) is 7.64. The van der Waals surface area contributed by atoms with E-state index in [0.717, 1.165) is 47.7 Å². The van der Waals surface area contributed by atoms with Crippen LogP contribution in [0, 0.1) is 20.8 Å². The van der Waals surface area contributed by atoms with Gasteiger partial charge in [-0.15, -0.1) is 0 Å². The molecule has 22 heavy (non-hydrogen) atoms. The molecular formula is C17H21N3O2. The van der Waals surface area contributed by atoms with Crippen LogP contribution in [0.2, 0.25) is 0 Å². The van der Waals surface area contributed by atoms with E-state index >= 15 is 0 Å². The number of hydrogen-bond donors (Lipinski definition) is 1. The van der Waals surface area contributed by atoms with Gasteiger partial charge in [-0.1, -0.05) is 23.4 Å². The Morgan fingerprint density at radius 2 is 2.09 bits per heavy atom. The van der Waals surface area contributed by atoms with E-state index in [4.69, 9.17) is 4.52 Å². The van der Waals surface area contributed by atoms with Gasteiger partial charge in [-0.2, -0.15) is 0 Å². The third-order valence-electron chi connectivity index (χ3n) is 4.32. The Morgan fingerprint density at radius 3 is 2.77 bits per heavy atom. The monoisotopic (exact) mass is 299 g/mol. The van der Waals surface area contributed by atoms with E-state index in [1.807, 2.05) is 49.9 Å². The average Bonchev–Trinajstić information content (AvgIpc) is 3.08. The van der Waals surface area contributed by atoms with Gasteiger partial charge in [0.2, 0.25) is 0 Å². The van der Waals surface area contributed by atoms with Crippen molar-refractivity contribution < 1.29 is 9.32 Å². The molecule has 0 bridgehead atoms. The molecule has 1 aromatic carbocycles. The number of hydrogen-bond acceptors (Lipinski definition) is 3. The summed E-state index contributed by atoms with van der Waals surface area (Å²) in [5, 5.41) is 7.04. The van der Waals surface area contributed by atoms with Crippen molar-refractivity contribution in [2.45, 2.75) is 39.7 Å². The zero-order chi connectivity index (χ0) is 15.7. The van der Waals surface area contributed by atoms with E-state index in [1.165, 1.54) is 0 Å². The van der Waals surface area contributed by atoms with Gasteiger partial charge in [0.25, 0.3) is 0 Å². The molecule has 1 fully saturated rings. The van der Waals surface area contributed by atoms with Crippen molar-refractivity contribution in [3.05, 3.63) is 46.8 Å². The van der Waals surface area contributed by atoms with Crippen LogP contribution in [0.3, 0.4) is 0 Å². The number of amides is 2. The zero-order valence-electron chi connectivity index (χ0n) is 13.2. The molecule has 1 saturated heterocycles. The summed E-state index contributed by atoms with van der Waals surface area (Å²) >= 11 is 0. The van der Waals surface area contributed by atoms with Gasteiger partial charge in [0, 0.05) is 17.8 Å². The molecule has 0 spiro atoms. The summed E-state index contributed by atoms with van der Waals surface area (Å²) in [6.45, 7) is 6.59. The molecule has 1 unspecified atom stereocenters. The number of carbonyl (C=O) groups excluding carboxylic acids is 1. The topological polar surface area (TPSA) is 58.4 Å². The molecule has 3 rings (SSSR count). The Balaban J connectivity index is 1.81. The van der Waals surface area contributed by atoms with Gasteiger partial charge in [-0.25, -0.2) is 4.79 Å². The van der Waals surface area contributed by atoms with E-state index in [2.05, 4.69) is 10.5 Å². The number of carbonyl (C=O) groups is 1. The maximum Gasteiger partial charge on any atom is 0.322 e. The molecular weight excluding hydrogens is 278 g/mol. The van der Waals surface area contributed by atoms with E-state index in [-0.39, 0.29) is 12.1 Å². The predicted molar refractivity (Wildman–Crippen MR) is 84.9 cm³/mol. The Hall–Kier alpha value is -2.30. The summed E-state index contributed by atoms with van der Waals surface area (Å²) in [7, 11) is 0. The molecule has 1 aliphatic rings. The Labute approximate surface area is 130 Å². The standard InChI is InChI=1S/C17H21N3O2/c1-11-7-4-5-8-14(11)18-17(21)20-10-6-9-15(20)16-12(2)19-22-13(16)3/h4-5,7-8,15H,6,9-10H2,1-3H3,(H,18,21). The quantitative estimate of drug-likeness (QED) is 0.912. The highest BCUT2D eigenvalue weighted by atomic mass is 16.5. The van der Waals surface area contributed by atoms with Crippen molar-refractivity contribution in [1.82, 2.24) is 10.1 Å². The minimum absolute atomic E-state index is 0.0512. The van der Waals surface area contributed by atoms with Gasteiger partial charge >= 0.3 is 6.03 Å². The number of nitrogens with zero attached hydrogens (tertiary/aromatic N) is 2. The molecule has 1 aromatic heterocycles. The smallest absolute Gasteiger partial charge is 0.322 e. The first-order valence-corrected chi connectivity index (χ1v) is 7.64. The van der Waals surface area contributed by atoms with Crippen molar-refractivity contribution in [1.29, 1.82) is 0 Å². The average molecular weight is 299 g/mol. The van der Waals surface area contributed by atoms with Gasteiger partial charge < -0.3 is 14.7 Å². The number of para-hydroxylation sites is 1. The van der Waals surface area contributed by atoms with Crippen LogP contribution in [0.1, 0.15) is 41.5 Å². The lowest BCUT2D eigenvalue weighted by molar-refractivity contribution is 0.206. The fourth-order valence-corrected chi connectivity index (χ4v) is 3.18. The first-order chi connectivity index (χ1) is 10.6. The molecule has 2 aromatic rings. The third kappa shape index (κ3) is 2.58. The highest BCUT2D eigenvalue weighted by molar-refractivity contribution is 5.90. The van der Waals surface area contributed by atoms with Crippen LogP contribution in [-0.2, 0) is 0 Å². The van der Waals surface area contributed by atoms with Crippen LogP contribution < -0.4 is 5.32 Å². The summed E-state index contributed by atoms with van der Waals surface area (Å²) in [5.41, 5.74) is 3.84. The SMILES string of the molecule is Cc1ccccc1NC(=O)N1CCCC1c1c(C)noc1C. The summed E-state index contributed by atoms with van der Waals surface area (Å²) in [5.74, 6) is 0.804. The third-order valence-corrected chi connectivity index (χ3v) is 4.32. The highest BCUT2D eigenvalue weighted by Crippen LogP contribution is 2.35. The number of benzene rings is 1. The van der Waals surface area contributed by atoms with Crippen LogP contribution in [0.15, 0.2) is 28.8 Å². The van der Waals surface area contributed by atoms with Crippen LogP contribution in [0.25, 0.3) is 0 Å². The molecule has 1 N–H and O–H groups in total. The molecule has 1 atom stereocenters. The van der Waals surface area contributed by atoms with Crippen molar-refractivity contribution in [3.8, 4) is 0 Å². The minimum Gasteiger partial charge on any atom is -0.361 e. The normalized spacial score (nSPS) is 17.8. The highest BCUT2D eigenvalue weighted by Gasteiger charge is 2.33. The maximum atomic E-state index is 12.7. The van der Waals surface area contributed by atoms with Crippen LogP contribution >= 0.6 is 0 Å². The van der Waals surface area contributed by atoms with E-state index in [1.54, 1.807) is 0 Å². The fourth-order valence-electron chi connectivity index (χ4n) is 3.18. The lowest BCUT2D eigenvalue weighted by Gasteiger charge is -2.25. The van der Waals surface area contributed by atoms with Crippen molar-refractivity contribution in [3.63, 3.8) is 0 Å². The number of likely N-dealkylation sites (tertiary alicyclic amines) is 1. The number of urea groups is 1. The van der Waals surface area contributed by atoms with Crippen LogP contribution in [0.5, 0.6) is 0 Å². The fraction of sp³-hybridized carbons (Fsp3) is 0.412. The summed E-state index contributed by atoms with van der Waals surface area (Å²) in [6.07, 6.45) is 1.94. The zero-order valence-corrected chi connectivity index (χ0v) is 13.2. The van der Waals surface area contributed by atoms with Crippen LogP contribution in [0.4, 0.5) is 10.5 Å². The number of rotatable bonds is 2. The summed E-state index contributed by atoms with van der Waals surface area (Å²) in [4.78, 5) is 14.5. The molecule has 2 amide bonds. The lowest BCUT2D eigenvalue weighted by atomic mass is 10.0. The van der Waals surface area contributed by atoms with Crippen LogP contribution in [-0.4, -0.2) is 22.6 Å². The Bertz CT molecular complexity index is 673. The van der Waals surface area contributed by atoms with Gasteiger partial charge in [0.05, 0.1) is 11.7 Å². The van der Waals surface area contributed by atoms with Crippen molar-refractivity contribution in [2.75, 3.05) is 11.9 Å². The number of nitrogens with one attached hydrogen (secondary N) is 1. The van der Waals surface area contributed by atoms with E-state index < -0.39 is 0 Å². The number of aryl methyl sites for hydroxylation is 3. The van der Waals surface area contributed by atoms with E-state index in [9.17, 15) is 4.79 Å². The van der Waals surface area contributed by atoms with Gasteiger partial charge in [-0.3, -0.25) is 0 Å². The maximum absolute atomic E-state index is 12.7. The molecule has 0 radical (unpaired) electrons. The molecule has 5 heteroatoms. The van der Waals surface area contributed by atoms with Crippen molar-refractivity contribution in [2.24, 2.45) is 0 Å². The molecule has 116 valence electrons. The van der Waals surface area contributed by atoms with Gasteiger partial charge in [0.15, 0.2) is 0 Å². The summed E-state index contributed by atoms with van der Waals surface area (Å²) < 4.78 is 5.26. The van der Waals surface area contributed by atoms with Crippen molar-refractivity contribution >= 4 is 11.7 Å². The molecule has 0 aliphatic carbocycles. The molecule has 0 saturated carbocycles. The number of anilines is 1. The predicted octanol–water partition coefficient (Wildman–Crippen LogP) is 3.97. The Morgan fingerprint density at radius 1 is 1.32 bits per heavy atom. The second kappa shape index (κ2) is 5.83. The number of aromatic nitrogens is 1. The van der Waals surface area contributed by atoms with Gasteiger partial charge in [0.1, 0.15) is 5.76 Å². The molecule has 2 heterocycles. The van der Waals surface area contributed by atoms with E-state index in [0.29, 0.717) is 0 Å². The Kier molecular flexibility index (Phi) is 3.88.